The fourth-order valence-electron chi connectivity index (χ4n) is 2.83. The maximum Gasteiger partial charge on any atom is 0.312 e. The lowest BCUT2D eigenvalue weighted by atomic mass is 10.2. The Morgan fingerprint density at radius 1 is 1.26 bits per heavy atom. The summed E-state index contributed by atoms with van der Waals surface area (Å²) in [4.78, 5) is 24.9. The van der Waals surface area contributed by atoms with Gasteiger partial charge in [0.15, 0.2) is 0 Å². The Morgan fingerprint density at radius 3 is 2.44 bits per heavy atom. The molecule has 1 aliphatic rings. The average Bonchev–Trinajstić information content (AvgIpc) is 2.64. The molecular weight excluding hydrogens is 395 g/mol. The monoisotopic (exact) mass is 418 g/mol. The summed E-state index contributed by atoms with van der Waals surface area (Å²) in [5.74, 6) is -0.442. The fourth-order valence-corrected chi connectivity index (χ4v) is 4.79. The van der Waals surface area contributed by atoms with E-state index in [1.165, 1.54) is 34.9 Å². The SMILES string of the molecule is CSCC[C@@H](NC(N)=O)C(=O)N1CCN(S(=O)(=O)c2ccccc2F)CC1. The Hall–Kier alpha value is -1.85. The van der Waals surface area contributed by atoms with Gasteiger partial charge in [-0.3, -0.25) is 4.79 Å². The Balaban J connectivity index is 2.04. The summed E-state index contributed by atoms with van der Waals surface area (Å²) in [7, 11) is -3.97. The molecule has 8 nitrogen and oxygen atoms in total. The number of benzene rings is 1. The Morgan fingerprint density at radius 2 is 1.89 bits per heavy atom. The van der Waals surface area contributed by atoms with E-state index in [1.807, 2.05) is 6.26 Å². The van der Waals surface area contributed by atoms with Crippen molar-refractivity contribution in [2.75, 3.05) is 38.2 Å². The molecule has 1 aromatic carbocycles. The van der Waals surface area contributed by atoms with Crippen LogP contribution in [0.5, 0.6) is 0 Å². The molecule has 1 heterocycles. The number of piperazine rings is 1. The molecule has 0 aromatic heterocycles. The number of rotatable bonds is 7. The highest BCUT2D eigenvalue weighted by Crippen LogP contribution is 2.20. The van der Waals surface area contributed by atoms with Crippen LogP contribution in [0.25, 0.3) is 0 Å². The van der Waals surface area contributed by atoms with E-state index in [9.17, 15) is 22.4 Å². The molecular formula is C16H23FN4O4S2. The van der Waals surface area contributed by atoms with Crippen molar-refractivity contribution >= 4 is 33.7 Å². The minimum absolute atomic E-state index is 0.0498. The number of amides is 3. The second-order valence-corrected chi connectivity index (χ2v) is 8.89. The summed E-state index contributed by atoms with van der Waals surface area (Å²) >= 11 is 1.54. The number of carbonyl (C=O) groups is 2. The van der Waals surface area contributed by atoms with E-state index in [0.29, 0.717) is 12.2 Å². The van der Waals surface area contributed by atoms with Gasteiger partial charge in [-0.25, -0.2) is 17.6 Å². The largest absolute Gasteiger partial charge is 0.352 e. The van der Waals surface area contributed by atoms with Crippen molar-refractivity contribution in [1.82, 2.24) is 14.5 Å². The number of nitrogens with one attached hydrogen (secondary N) is 1. The third-order valence-electron chi connectivity index (χ3n) is 4.23. The van der Waals surface area contributed by atoms with Crippen LogP contribution in [0.4, 0.5) is 9.18 Å². The topological polar surface area (TPSA) is 113 Å². The number of hydrogen-bond donors (Lipinski definition) is 2. The van der Waals surface area contributed by atoms with Crippen LogP contribution in [0.1, 0.15) is 6.42 Å². The third-order valence-corrected chi connectivity index (χ3v) is 6.81. The number of hydrogen-bond acceptors (Lipinski definition) is 5. The lowest BCUT2D eigenvalue weighted by Gasteiger charge is -2.35. The van der Waals surface area contributed by atoms with Crippen LogP contribution in [-0.2, 0) is 14.8 Å². The van der Waals surface area contributed by atoms with E-state index < -0.39 is 27.9 Å². The van der Waals surface area contributed by atoms with Gasteiger partial charge in [0.2, 0.25) is 15.9 Å². The van der Waals surface area contributed by atoms with E-state index in [2.05, 4.69) is 5.32 Å². The standard InChI is InChI=1S/C16H23FN4O4S2/c1-26-11-6-13(19-16(18)23)15(22)20-7-9-21(10-8-20)27(24,25)14-5-3-2-4-12(14)17/h2-5,13H,6-11H2,1H3,(H3,18,19,23)/t13-/m1/s1. The second kappa shape index (κ2) is 9.38. The van der Waals surface area contributed by atoms with Crippen LogP contribution >= 0.6 is 11.8 Å². The second-order valence-electron chi connectivity index (χ2n) is 6.00. The van der Waals surface area contributed by atoms with Gasteiger partial charge in [-0.1, -0.05) is 12.1 Å². The zero-order chi connectivity index (χ0) is 20.0. The summed E-state index contributed by atoms with van der Waals surface area (Å²) in [6.45, 7) is 0.411. The molecule has 3 N–H and O–H groups in total. The number of carbonyl (C=O) groups excluding carboxylic acids is 2. The summed E-state index contributed by atoms with van der Waals surface area (Å²) in [5.41, 5.74) is 5.14. The van der Waals surface area contributed by atoms with Gasteiger partial charge in [0.1, 0.15) is 16.8 Å². The van der Waals surface area contributed by atoms with Crippen molar-refractivity contribution in [3.63, 3.8) is 0 Å². The van der Waals surface area contributed by atoms with Gasteiger partial charge in [0.25, 0.3) is 0 Å². The number of sulfonamides is 1. The molecule has 0 radical (unpaired) electrons. The zero-order valence-electron chi connectivity index (χ0n) is 14.9. The van der Waals surface area contributed by atoms with Crippen LogP contribution in [0.15, 0.2) is 29.2 Å². The van der Waals surface area contributed by atoms with Gasteiger partial charge in [-0.15, -0.1) is 0 Å². The van der Waals surface area contributed by atoms with Crippen LogP contribution in [0.2, 0.25) is 0 Å². The molecule has 3 amide bonds. The minimum atomic E-state index is -3.97. The Kier molecular flexibility index (Phi) is 7.45. The maximum absolute atomic E-state index is 13.9. The molecule has 150 valence electrons. The van der Waals surface area contributed by atoms with E-state index in [1.54, 1.807) is 0 Å². The number of halogens is 1. The number of urea groups is 1. The van der Waals surface area contributed by atoms with Crippen molar-refractivity contribution in [2.24, 2.45) is 5.73 Å². The maximum atomic E-state index is 13.9. The number of nitrogens with zero attached hydrogens (tertiary/aromatic N) is 2. The minimum Gasteiger partial charge on any atom is -0.352 e. The van der Waals surface area contributed by atoms with E-state index in [-0.39, 0.29) is 37.0 Å². The van der Waals surface area contributed by atoms with Crippen LogP contribution in [-0.4, -0.2) is 73.8 Å². The highest BCUT2D eigenvalue weighted by molar-refractivity contribution is 7.98. The van der Waals surface area contributed by atoms with Crippen molar-refractivity contribution < 1.29 is 22.4 Å². The first kappa shape index (κ1) is 21.5. The number of thioether (sulfide) groups is 1. The van der Waals surface area contributed by atoms with Crippen molar-refractivity contribution in [3.05, 3.63) is 30.1 Å². The van der Waals surface area contributed by atoms with Gasteiger partial charge in [-0.2, -0.15) is 16.1 Å². The number of primary amides is 1. The molecule has 2 rings (SSSR count). The molecule has 1 fully saturated rings. The summed E-state index contributed by atoms with van der Waals surface area (Å²) in [6.07, 6.45) is 2.31. The van der Waals surface area contributed by atoms with Gasteiger partial charge < -0.3 is 16.0 Å². The van der Waals surface area contributed by atoms with Crippen molar-refractivity contribution in [3.8, 4) is 0 Å². The lowest BCUT2D eigenvalue weighted by Crippen LogP contribution is -2.56. The van der Waals surface area contributed by atoms with Gasteiger partial charge in [0.05, 0.1) is 0 Å². The van der Waals surface area contributed by atoms with Crippen LogP contribution < -0.4 is 11.1 Å². The average molecular weight is 419 g/mol. The van der Waals surface area contributed by atoms with E-state index >= 15 is 0 Å². The predicted molar refractivity (Wildman–Crippen MR) is 101 cm³/mol. The van der Waals surface area contributed by atoms with Crippen molar-refractivity contribution in [2.45, 2.75) is 17.4 Å². The molecule has 11 heteroatoms. The molecule has 0 spiro atoms. The first-order valence-electron chi connectivity index (χ1n) is 8.35. The normalized spacial score (nSPS) is 16.7. The highest BCUT2D eigenvalue weighted by atomic mass is 32.2. The molecule has 1 aromatic rings. The Labute approximate surface area is 162 Å². The van der Waals surface area contributed by atoms with Crippen LogP contribution in [0.3, 0.4) is 0 Å². The molecule has 0 saturated carbocycles. The van der Waals surface area contributed by atoms with Gasteiger partial charge in [-0.05, 0) is 30.6 Å². The Bertz CT molecular complexity index is 782. The first-order valence-corrected chi connectivity index (χ1v) is 11.2. The molecule has 0 bridgehead atoms. The predicted octanol–water partition coefficient (Wildman–Crippen LogP) is 0.449. The van der Waals surface area contributed by atoms with Gasteiger partial charge in [0, 0.05) is 26.2 Å². The molecule has 1 atom stereocenters. The first-order chi connectivity index (χ1) is 12.8. The number of nitrogens with two attached hydrogens (primary N) is 1. The van der Waals surface area contributed by atoms with Crippen LogP contribution in [0, 0.1) is 5.82 Å². The highest BCUT2D eigenvalue weighted by Gasteiger charge is 2.33. The van der Waals surface area contributed by atoms with Crippen molar-refractivity contribution in [1.29, 1.82) is 0 Å². The van der Waals surface area contributed by atoms with Gasteiger partial charge >= 0.3 is 6.03 Å². The summed E-state index contributed by atoms with van der Waals surface area (Å²) < 4.78 is 40.2. The van der Waals surface area contributed by atoms with E-state index in [0.717, 1.165) is 10.4 Å². The fraction of sp³-hybridized carbons (Fsp3) is 0.500. The lowest BCUT2D eigenvalue weighted by molar-refractivity contribution is -0.134. The zero-order valence-corrected chi connectivity index (χ0v) is 16.6. The quantitative estimate of drug-likeness (QED) is 0.668. The molecule has 1 aliphatic heterocycles. The molecule has 0 unspecified atom stereocenters. The van der Waals surface area contributed by atoms with E-state index in [4.69, 9.17) is 5.73 Å². The molecule has 27 heavy (non-hydrogen) atoms. The summed E-state index contributed by atoms with van der Waals surface area (Å²) in [5, 5.41) is 2.44. The summed E-state index contributed by atoms with van der Waals surface area (Å²) in [6, 6.07) is 3.67. The third kappa shape index (κ3) is 5.33. The molecule has 1 saturated heterocycles. The smallest absolute Gasteiger partial charge is 0.312 e. The molecule has 0 aliphatic carbocycles.